The van der Waals surface area contributed by atoms with Gasteiger partial charge in [-0.05, 0) is 31.2 Å². The predicted octanol–water partition coefficient (Wildman–Crippen LogP) is 2.84. The lowest BCUT2D eigenvalue weighted by molar-refractivity contribution is 0.243. The summed E-state index contributed by atoms with van der Waals surface area (Å²) < 4.78 is 4.38. The Morgan fingerprint density at radius 2 is 1.82 bits per heavy atom. The first kappa shape index (κ1) is 17.4. The largest absolute Gasteiger partial charge is 0.341 e. The van der Waals surface area contributed by atoms with Crippen molar-refractivity contribution in [2.24, 2.45) is 0 Å². The van der Waals surface area contributed by atoms with Gasteiger partial charge in [0.1, 0.15) is 0 Å². The molecule has 0 radical (unpaired) electrons. The van der Waals surface area contributed by atoms with Crippen molar-refractivity contribution in [3.05, 3.63) is 54.4 Å². The maximum atomic E-state index is 4.39. The van der Waals surface area contributed by atoms with Gasteiger partial charge in [0.2, 0.25) is 0 Å². The zero-order valence-corrected chi connectivity index (χ0v) is 16.3. The van der Waals surface area contributed by atoms with Crippen molar-refractivity contribution in [3.63, 3.8) is 0 Å². The Morgan fingerprint density at radius 1 is 1.00 bits per heavy atom. The molecule has 1 N–H and O–H groups in total. The summed E-state index contributed by atoms with van der Waals surface area (Å²) in [6, 6.07) is 15.3. The highest BCUT2D eigenvalue weighted by Crippen LogP contribution is 2.30. The molecule has 0 atom stereocenters. The summed E-state index contributed by atoms with van der Waals surface area (Å²) in [7, 11) is 0. The fourth-order valence-corrected chi connectivity index (χ4v) is 4.37. The van der Waals surface area contributed by atoms with E-state index in [2.05, 4.69) is 74.5 Å². The standard InChI is InChI=1S/C22H26N6/c1-2-27-21-6-4-3-5-19(21)20-15-17(7-8-22(20)27)28-18(16-24-25-28)9-12-26-13-10-23-11-14-26/h3-8,15-16,23H,2,9-14H2,1H3. The predicted molar refractivity (Wildman–Crippen MR) is 113 cm³/mol. The Hall–Kier alpha value is -2.70. The quantitative estimate of drug-likeness (QED) is 0.584. The Morgan fingerprint density at radius 3 is 2.68 bits per heavy atom. The van der Waals surface area contributed by atoms with Crippen LogP contribution in [0.1, 0.15) is 12.6 Å². The molecular formula is C22H26N6. The molecule has 1 fully saturated rings. The van der Waals surface area contributed by atoms with E-state index < -0.39 is 0 Å². The SMILES string of the molecule is CCn1c2ccccc2c2cc(-n3nncc3CCN3CCNCC3)ccc21. The van der Waals surface area contributed by atoms with E-state index in [0.717, 1.165) is 57.1 Å². The van der Waals surface area contributed by atoms with Crippen LogP contribution in [0.5, 0.6) is 0 Å². The number of rotatable bonds is 5. The van der Waals surface area contributed by atoms with Crippen molar-refractivity contribution < 1.29 is 0 Å². The molecular weight excluding hydrogens is 348 g/mol. The van der Waals surface area contributed by atoms with Crippen LogP contribution in [0.2, 0.25) is 0 Å². The van der Waals surface area contributed by atoms with Crippen LogP contribution in [0, 0.1) is 0 Å². The molecule has 0 aliphatic carbocycles. The first-order valence-corrected chi connectivity index (χ1v) is 10.2. The maximum Gasteiger partial charge on any atom is 0.0730 e. The fourth-order valence-electron chi connectivity index (χ4n) is 4.37. The summed E-state index contributed by atoms with van der Waals surface area (Å²) in [5, 5.41) is 14.6. The van der Waals surface area contributed by atoms with Crippen LogP contribution in [0.4, 0.5) is 0 Å². The molecule has 1 aliphatic heterocycles. The summed E-state index contributed by atoms with van der Waals surface area (Å²) in [6.45, 7) is 8.60. The molecule has 3 heterocycles. The van der Waals surface area contributed by atoms with Gasteiger partial charge in [0, 0.05) is 67.5 Å². The molecule has 144 valence electrons. The highest BCUT2D eigenvalue weighted by atomic mass is 15.4. The number of para-hydroxylation sites is 1. The van der Waals surface area contributed by atoms with E-state index in [1.165, 1.54) is 21.8 Å². The number of piperazine rings is 1. The molecule has 0 unspecified atom stereocenters. The summed E-state index contributed by atoms with van der Waals surface area (Å²) in [6.07, 6.45) is 2.86. The number of aromatic nitrogens is 4. The number of nitrogens with one attached hydrogen (secondary N) is 1. The molecule has 0 bridgehead atoms. The van der Waals surface area contributed by atoms with Crippen LogP contribution in [0.25, 0.3) is 27.5 Å². The Bertz CT molecular complexity index is 1100. The molecule has 2 aromatic heterocycles. The third-order valence-corrected chi connectivity index (χ3v) is 5.83. The highest BCUT2D eigenvalue weighted by molar-refractivity contribution is 6.08. The lowest BCUT2D eigenvalue weighted by atomic mass is 10.1. The highest BCUT2D eigenvalue weighted by Gasteiger charge is 2.14. The van der Waals surface area contributed by atoms with E-state index in [9.17, 15) is 0 Å². The molecule has 4 aromatic rings. The minimum atomic E-state index is 0.960. The molecule has 1 saturated heterocycles. The number of fused-ring (bicyclic) bond motifs is 3. The second-order valence-electron chi connectivity index (χ2n) is 7.44. The molecule has 6 heteroatoms. The molecule has 0 saturated carbocycles. The fraction of sp³-hybridized carbons (Fsp3) is 0.364. The van der Waals surface area contributed by atoms with Crippen LogP contribution in [-0.4, -0.2) is 57.2 Å². The third-order valence-electron chi connectivity index (χ3n) is 5.83. The number of aryl methyl sites for hydroxylation is 1. The van der Waals surface area contributed by atoms with Gasteiger partial charge in [0.05, 0.1) is 17.6 Å². The van der Waals surface area contributed by atoms with Crippen molar-refractivity contribution in [1.82, 2.24) is 29.8 Å². The second-order valence-corrected chi connectivity index (χ2v) is 7.44. The first-order valence-electron chi connectivity index (χ1n) is 10.2. The van der Waals surface area contributed by atoms with Crippen LogP contribution >= 0.6 is 0 Å². The van der Waals surface area contributed by atoms with Gasteiger partial charge in [0.15, 0.2) is 0 Å². The van der Waals surface area contributed by atoms with Crippen molar-refractivity contribution >= 4 is 21.8 Å². The van der Waals surface area contributed by atoms with Gasteiger partial charge in [-0.1, -0.05) is 23.4 Å². The van der Waals surface area contributed by atoms with E-state index in [-0.39, 0.29) is 0 Å². The zero-order valence-electron chi connectivity index (χ0n) is 16.3. The molecule has 2 aromatic carbocycles. The lowest BCUT2D eigenvalue weighted by Crippen LogP contribution is -2.44. The normalized spacial score (nSPS) is 15.6. The first-order chi connectivity index (χ1) is 13.8. The summed E-state index contributed by atoms with van der Waals surface area (Å²) in [5.41, 5.74) is 4.81. The van der Waals surface area contributed by atoms with Gasteiger partial charge in [0.25, 0.3) is 0 Å². The third kappa shape index (κ3) is 2.99. The number of benzene rings is 2. The molecule has 6 nitrogen and oxygen atoms in total. The van der Waals surface area contributed by atoms with Gasteiger partial charge in [-0.25, -0.2) is 4.68 Å². The average Bonchev–Trinajstić information content (AvgIpc) is 3.35. The Kier molecular flexibility index (Phi) is 4.58. The second kappa shape index (κ2) is 7.37. The lowest BCUT2D eigenvalue weighted by Gasteiger charge is -2.26. The van der Waals surface area contributed by atoms with Crippen molar-refractivity contribution in [2.75, 3.05) is 32.7 Å². The number of hydrogen-bond donors (Lipinski definition) is 1. The van der Waals surface area contributed by atoms with Gasteiger partial charge < -0.3 is 14.8 Å². The smallest absolute Gasteiger partial charge is 0.0730 e. The van der Waals surface area contributed by atoms with E-state index in [4.69, 9.17) is 0 Å². The summed E-state index contributed by atoms with van der Waals surface area (Å²) in [4.78, 5) is 2.51. The van der Waals surface area contributed by atoms with Crippen LogP contribution in [0.3, 0.4) is 0 Å². The molecule has 1 aliphatic rings. The zero-order chi connectivity index (χ0) is 18.9. The van der Waals surface area contributed by atoms with Crippen LogP contribution < -0.4 is 5.32 Å². The van der Waals surface area contributed by atoms with Crippen molar-refractivity contribution in [3.8, 4) is 5.69 Å². The minimum absolute atomic E-state index is 0.960. The van der Waals surface area contributed by atoms with Crippen molar-refractivity contribution in [2.45, 2.75) is 19.9 Å². The summed E-state index contributed by atoms with van der Waals surface area (Å²) in [5.74, 6) is 0. The molecule has 28 heavy (non-hydrogen) atoms. The summed E-state index contributed by atoms with van der Waals surface area (Å²) >= 11 is 0. The molecule has 5 rings (SSSR count). The average molecular weight is 374 g/mol. The topological polar surface area (TPSA) is 50.9 Å². The number of hydrogen-bond acceptors (Lipinski definition) is 4. The van der Waals surface area contributed by atoms with Crippen LogP contribution in [0.15, 0.2) is 48.7 Å². The van der Waals surface area contributed by atoms with E-state index >= 15 is 0 Å². The van der Waals surface area contributed by atoms with E-state index in [1.807, 2.05) is 10.9 Å². The van der Waals surface area contributed by atoms with Gasteiger partial charge in [-0.3, -0.25) is 0 Å². The number of nitrogens with zero attached hydrogens (tertiary/aromatic N) is 5. The maximum absolute atomic E-state index is 4.39. The Balaban J connectivity index is 1.50. The van der Waals surface area contributed by atoms with E-state index in [1.54, 1.807) is 0 Å². The van der Waals surface area contributed by atoms with E-state index in [0.29, 0.717) is 0 Å². The molecule has 0 spiro atoms. The Labute approximate surface area is 164 Å². The monoisotopic (exact) mass is 374 g/mol. The van der Waals surface area contributed by atoms with Gasteiger partial charge in [-0.2, -0.15) is 0 Å². The molecule has 0 amide bonds. The van der Waals surface area contributed by atoms with Gasteiger partial charge >= 0.3 is 0 Å². The van der Waals surface area contributed by atoms with Gasteiger partial charge in [-0.15, -0.1) is 5.10 Å². The minimum Gasteiger partial charge on any atom is -0.341 e. The van der Waals surface area contributed by atoms with Crippen molar-refractivity contribution in [1.29, 1.82) is 0 Å². The van der Waals surface area contributed by atoms with Crippen LogP contribution in [-0.2, 0) is 13.0 Å².